The van der Waals surface area contributed by atoms with Gasteiger partial charge in [-0.1, -0.05) is 37.0 Å². The van der Waals surface area contributed by atoms with Gasteiger partial charge in [0.1, 0.15) is 5.82 Å². The van der Waals surface area contributed by atoms with Gasteiger partial charge in [-0.25, -0.2) is 4.98 Å². The molecule has 0 amide bonds. The highest BCUT2D eigenvalue weighted by Crippen LogP contribution is 2.22. The van der Waals surface area contributed by atoms with Crippen molar-refractivity contribution in [3.8, 4) is 0 Å². The summed E-state index contributed by atoms with van der Waals surface area (Å²) in [5, 5.41) is 4.33. The first-order valence-corrected chi connectivity index (χ1v) is 5.90. The van der Waals surface area contributed by atoms with E-state index in [-0.39, 0.29) is 0 Å². The molecule has 1 aromatic heterocycles. The van der Waals surface area contributed by atoms with E-state index in [1.54, 1.807) is 12.3 Å². The van der Waals surface area contributed by atoms with Crippen molar-refractivity contribution in [2.24, 2.45) is 5.92 Å². The SMILES string of the molecule is CC(C)CCCNc1ncc(Cl)cc1Cl. The van der Waals surface area contributed by atoms with Gasteiger partial charge in [0.25, 0.3) is 0 Å². The molecule has 0 spiro atoms. The molecule has 1 aromatic rings. The van der Waals surface area contributed by atoms with Crippen LogP contribution in [0.2, 0.25) is 10.0 Å². The van der Waals surface area contributed by atoms with Gasteiger partial charge >= 0.3 is 0 Å². The largest absolute Gasteiger partial charge is 0.369 e. The highest BCUT2D eigenvalue weighted by molar-refractivity contribution is 6.35. The van der Waals surface area contributed by atoms with E-state index in [0.29, 0.717) is 15.9 Å². The van der Waals surface area contributed by atoms with Crippen LogP contribution in [0.4, 0.5) is 5.82 Å². The van der Waals surface area contributed by atoms with E-state index < -0.39 is 0 Å². The lowest BCUT2D eigenvalue weighted by Crippen LogP contribution is -2.04. The van der Waals surface area contributed by atoms with Gasteiger partial charge in [-0.3, -0.25) is 0 Å². The number of pyridine rings is 1. The zero-order valence-corrected chi connectivity index (χ0v) is 10.6. The third kappa shape index (κ3) is 4.72. The van der Waals surface area contributed by atoms with Crippen molar-refractivity contribution in [1.82, 2.24) is 4.98 Å². The van der Waals surface area contributed by atoms with Crippen molar-refractivity contribution >= 4 is 29.0 Å². The Morgan fingerprint density at radius 2 is 2.13 bits per heavy atom. The molecule has 0 aliphatic heterocycles. The lowest BCUT2D eigenvalue weighted by molar-refractivity contribution is 0.566. The Morgan fingerprint density at radius 1 is 1.40 bits per heavy atom. The number of nitrogens with one attached hydrogen (secondary N) is 1. The van der Waals surface area contributed by atoms with E-state index in [0.717, 1.165) is 18.9 Å². The number of aromatic nitrogens is 1. The molecule has 0 atom stereocenters. The molecule has 84 valence electrons. The Labute approximate surface area is 101 Å². The number of halogens is 2. The highest BCUT2D eigenvalue weighted by atomic mass is 35.5. The van der Waals surface area contributed by atoms with Gasteiger partial charge < -0.3 is 5.32 Å². The smallest absolute Gasteiger partial charge is 0.144 e. The summed E-state index contributed by atoms with van der Waals surface area (Å²) in [5.74, 6) is 1.45. The van der Waals surface area contributed by atoms with Gasteiger partial charge in [-0.2, -0.15) is 0 Å². The second-order valence-corrected chi connectivity index (χ2v) is 4.79. The van der Waals surface area contributed by atoms with Crippen LogP contribution in [0.25, 0.3) is 0 Å². The molecular formula is C11H16Cl2N2. The van der Waals surface area contributed by atoms with Crippen molar-refractivity contribution in [1.29, 1.82) is 0 Å². The summed E-state index contributed by atoms with van der Waals surface area (Å²) in [5.41, 5.74) is 0. The van der Waals surface area contributed by atoms with Crippen molar-refractivity contribution in [2.45, 2.75) is 26.7 Å². The minimum atomic E-state index is 0.563. The number of hydrogen-bond donors (Lipinski definition) is 1. The molecular weight excluding hydrogens is 231 g/mol. The molecule has 2 nitrogen and oxygen atoms in total. The van der Waals surface area contributed by atoms with Crippen molar-refractivity contribution < 1.29 is 0 Å². The minimum Gasteiger partial charge on any atom is -0.369 e. The van der Waals surface area contributed by atoms with Crippen LogP contribution in [0.1, 0.15) is 26.7 Å². The van der Waals surface area contributed by atoms with Crippen molar-refractivity contribution in [2.75, 3.05) is 11.9 Å². The van der Waals surface area contributed by atoms with E-state index in [1.165, 1.54) is 6.42 Å². The fourth-order valence-corrected chi connectivity index (χ4v) is 1.71. The Kier molecular flexibility index (Phi) is 5.20. The quantitative estimate of drug-likeness (QED) is 0.787. The van der Waals surface area contributed by atoms with Gasteiger partial charge in [-0.05, 0) is 24.8 Å². The predicted molar refractivity (Wildman–Crippen MR) is 66.8 cm³/mol. The second-order valence-electron chi connectivity index (χ2n) is 3.95. The summed E-state index contributed by atoms with van der Waals surface area (Å²) >= 11 is 11.7. The Balaban J connectivity index is 2.37. The molecule has 0 radical (unpaired) electrons. The topological polar surface area (TPSA) is 24.9 Å². The maximum atomic E-state index is 5.96. The Bertz CT molecular complexity index is 313. The van der Waals surface area contributed by atoms with E-state index in [1.807, 2.05) is 0 Å². The lowest BCUT2D eigenvalue weighted by atomic mass is 10.1. The van der Waals surface area contributed by atoms with Crippen LogP contribution < -0.4 is 5.32 Å². The van der Waals surface area contributed by atoms with Crippen LogP contribution in [0.3, 0.4) is 0 Å². The van der Waals surface area contributed by atoms with Crippen LogP contribution in [0, 0.1) is 5.92 Å². The predicted octanol–water partition coefficient (Wildman–Crippen LogP) is 4.24. The van der Waals surface area contributed by atoms with Crippen LogP contribution >= 0.6 is 23.2 Å². The third-order valence-electron chi connectivity index (χ3n) is 2.06. The molecule has 0 aliphatic rings. The van der Waals surface area contributed by atoms with Crippen molar-refractivity contribution in [3.63, 3.8) is 0 Å². The first-order chi connectivity index (χ1) is 7.09. The van der Waals surface area contributed by atoms with E-state index in [9.17, 15) is 0 Å². The average Bonchev–Trinajstić information content (AvgIpc) is 2.14. The number of anilines is 1. The molecule has 4 heteroatoms. The van der Waals surface area contributed by atoms with Crippen molar-refractivity contribution in [3.05, 3.63) is 22.3 Å². The fraction of sp³-hybridized carbons (Fsp3) is 0.545. The second kappa shape index (κ2) is 6.19. The molecule has 1 rings (SSSR count). The zero-order chi connectivity index (χ0) is 11.3. The van der Waals surface area contributed by atoms with Crippen LogP contribution in [-0.4, -0.2) is 11.5 Å². The summed E-state index contributed by atoms with van der Waals surface area (Å²) in [6.07, 6.45) is 3.93. The van der Waals surface area contributed by atoms with Crippen LogP contribution in [0.5, 0.6) is 0 Å². The van der Waals surface area contributed by atoms with E-state index in [4.69, 9.17) is 23.2 Å². The monoisotopic (exact) mass is 246 g/mol. The molecule has 1 heterocycles. The van der Waals surface area contributed by atoms with Gasteiger partial charge in [-0.15, -0.1) is 0 Å². The van der Waals surface area contributed by atoms with E-state index >= 15 is 0 Å². The average molecular weight is 247 g/mol. The molecule has 0 bridgehead atoms. The fourth-order valence-electron chi connectivity index (χ4n) is 1.26. The molecule has 0 saturated carbocycles. The zero-order valence-electron chi connectivity index (χ0n) is 9.06. The summed E-state index contributed by atoms with van der Waals surface area (Å²) < 4.78 is 0. The maximum absolute atomic E-state index is 5.96. The van der Waals surface area contributed by atoms with Crippen LogP contribution in [-0.2, 0) is 0 Å². The molecule has 0 aliphatic carbocycles. The Hall–Kier alpha value is -0.470. The maximum Gasteiger partial charge on any atom is 0.144 e. The minimum absolute atomic E-state index is 0.563. The summed E-state index contributed by atoms with van der Waals surface area (Å²) in [4.78, 5) is 4.12. The molecule has 0 saturated heterocycles. The van der Waals surface area contributed by atoms with Gasteiger partial charge in [0.2, 0.25) is 0 Å². The van der Waals surface area contributed by atoms with Gasteiger partial charge in [0.05, 0.1) is 10.0 Å². The van der Waals surface area contributed by atoms with E-state index in [2.05, 4.69) is 24.1 Å². The first kappa shape index (κ1) is 12.6. The molecule has 1 N–H and O–H groups in total. The number of rotatable bonds is 5. The molecule has 0 aromatic carbocycles. The summed E-state index contributed by atoms with van der Waals surface area (Å²) in [6.45, 7) is 5.33. The number of hydrogen-bond acceptors (Lipinski definition) is 2. The third-order valence-corrected chi connectivity index (χ3v) is 2.55. The van der Waals surface area contributed by atoms with Gasteiger partial charge in [0.15, 0.2) is 0 Å². The first-order valence-electron chi connectivity index (χ1n) is 5.14. The molecule has 0 unspecified atom stereocenters. The highest BCUT2D eigenvalue weighted by Gasteiger charge is 2.01. The van der Waals surface area contributed by atoms with Gasteiger partial charge in [0, 0.05) is 12.7 Å². The summed E-state index contributed by atoms with van der Waals surface area (Å²) in [7, 11) is 0. The Morgan fingerprint density at radius 3 is 2.73 bits per heavy atom. The molecule has 15 heavy (non-hydrogen) atoms. The molecule has 0 fully saturated rings. The normalized spacial score (nSPS) is 10.7. The standard InChI is InChI=1S/C11H16Cl2N2/c1-8(2)4-3-5-14-11-10(13)6-9(12)7-15-11/h6-8H,3-5H2,1-2H3,(H,14,15). The van der Waals surface area contributed by atoms with Crippen LogP contribution in [0.15, 0.2) is 12.3 Å². The summed E-state index contributed by atoms with van der Waals surface area (Å²) in [6, 6.07) is 1.70. The lowest BCUT2D eigenvalue weighted by Gasteiger charge is -2.08. The number of nitrogens with zero attached hydrogens (tertiary/aromatic N) is 1.